The molecule has 34 heavy (non-hydrogen) atoms. The highest BCUT2D eigenvalue weighted by Gasteiger charge is 2.39. The average molecular weight is 486 g/mol. The van der Waals surface area contributed by atoms with Crippen LogP contribution >= 0.6 is 0 Å². The molecule has 0 saturated carbocycles. The second-order valence-corrected chi connectivity index (χ2v) is 8.68. The number of guanidine groups is 1. The zero-order valence-corrected chi connectivity index (χ0v) is 20.1. The molecule has 13 heteroatoms. The summed E-state index contributed by atoms with van der Waals surface area (Å²) in [7, 11) is 0. The zero-order chi connectivity index (χ0) is 26.0. The number of carboxylic acids is 1. The molecular formula is C21H39N7O6. The number of rotatable bonds is 13. The van der Waals surface area contributed by atoms with Crippen LogP contribution in [0.25, 0.3) is 0 Å². The van der Waals surface area contributed by atoms with Crippen molar-refractivity contribution in [2.24, 2.45) is 28.1 Å². The molecule has 1 rings (SSSR count). The van der Waals surface area contributed by atoms with Gasteiger partial charge in [0.15, 0.2) is 5.96 Å². The summed E-state index contributed by atoms with van der Waals surface area (Å²) >= 11 is 0. The molecule has 1 saturated heterocycles. The van der Waals surface area contributed by atoms with E-state index in [0.29, 0.717) is 32.2 Å². The van der Waals surface area contributed by atoms with Gasteiger partial charge < -0.3 is 42.9 Å². The number of hydrogen-bond donors (Lipinski definition) is 7. The lowest BCUT2D eigenvalue weighted by Gasteiger charge is -2.30. The van der Waals surface area contributed by atoms with Gasteiger partial charge in [0.2, 0.25) is 17.7 Å². The molecule has 194 valence electrons. The molecule has 1 fully saturated rings. The molecule has 1 aliphatic rings. The van der Waals surface area contributed by atoms with E-state index in [0.717, 1.165) is 0 Å². The number of nitrogens with two attached hydrogens (primary N) is 3. The van der Waals surface area contributed by atoms with E-state index < -0.39 is 54.0 Å². The van der Waals surface area contributed by atoms with Crippen LogP contribution in [-0.4, -0.2) is 88.1 Å². The minimum Gasteiger partial charge on any atom is -0.480 e. The minimum absolute atomic E-state index is 0.0984. The summed E-state index contributed by atoms with van der Waals surface area (Å²) < 4.78 is 0. The lowest BCUT2D eigenvalue weighted by Crippen LogP contribution is -2.59. The number of nitrogens with one attached hydrogen (secondary N) is 2. The number of aliphatic imine (C=N–C) groups is 1. The normalized spacial score (nSPS) is 19.9. The lowest BCUT2D eigenvalue weighted by atomic mass is 9.97. The number of aliphatic hydroxyl groups is 1. The molecule has 0 aromatic heterocycles. The Kier molecular flexibility index (Phi) is 11.7. The summed E-state index contributed by atoms with van der Waals surface area (Å²) in [5.74, 6) is -3.32. The maximum atomic E-state index is 13.0. The highest BCUT2D eigenvalue weighted by molar-refractivity contribution is 5.94. The molecule has 0 radical (unpaired) electrons. The first kappa shape index (κ1) is 29.1. The van der Waals surface area contributed by atoms with Crippen molar-refractivity contribution in [3.05, 3.63) is 0 Å². The maximum absolute atomic E-state index is 13.0. The topological polar surface area (TPSA) is 226 Å². The Hall–Kier alpha value is -2.93. The van der Waals surface area contributed by atoms with Crippen molar-refractivity contribution in [3.8, 4) is 0 Å². The molecule has 0 bridgehead atoms. The van der Waals surface area contributed by atoms with Crippen LogP contribution in [0.15, 0.2) is 4.99 Å². The monoisotopic (exact) mass is 485 g/mol. The Morgan fingerprint density at radius 3 is 2.35 bits per heavy atom. The van der Waals surface area contributed by atoms with Crippen molar-refractivity contribution in [1.29, 1.82) is 0 Å². The van der Waals surface area contributed by atoms with Gasteiger partial charge in [0.05, 0.1) is 6.10 Å². The number of amides is 3. The smallest absolute Gasteiger partial charge is 0.326 e. The van der Waals surface area contributed by atoms with E-state index in [-0.39, 0.29) is 24.8 Å². The first-order chi connectivity index (χ1) is 15.9. The number of carbonyl (C=O) groups excluding carboxylic acids is 3. The van der Waals surface area contributed by atoms with Gasteiger partial charge in [-0.2, -0.15) is 0 Å². The van der Waals surface area contributed by atoms with Gasteiger partial charge in [0.1, 0.15) is 24.2 Å². The highest BCUT2D eigenvalue weighted by atomic mass is 16.4. The molecule has 1 aliphatic heterocycles. The summed E-state index contributed by atoms with van der Waals surface area (Å²) in [4.78, 5) is 55.3. The van der Waals surface area contributed by atoms with Crippen molar-refractivity contribution >= 4 is 29.7 Å². The number of likely N-dealkylation sites (tertiary alicyclic amines) is 1. The standard InChI is InChI=1S/C21H39N7O6/c1-4-11(2)16(18(31)26-13(20(33)34)7-5-9-25-21(23)24)27-17(30)14-8-6-10-28(14)19(32)15(22)12(3)29/h11-16,29H,4-10,22H2,1-3H3,(H,26,31)(H,27,30)(H,33,34)(H4,23,24,25). The Morgan fingerprint density at radius 1 is 1.18 bits per heavy atom. The third-order valence-electron chi connectivity index (χ3n) is 6.00. The molecule has 0 aromatic rings. The van der Waals surface area contributed by atoms with Crippen molar-refractivity contribution in [3.63, 3.8) is 0 Å². The minimum atomic E-state index is -1.22. The van der Waals surface area contributed by atoms with Crippen molar-refractivity contribution in [1.82, 2.24) is 15.5 Å². The first-order valence-corrected chi connectivity index (χ1v) is 11.5. The van der Waals surface area contributed by atoms with Gasteiger partial charge >= 0.3 is 5.97 Å². The van der Waals surface area contributed by atoms with Crippen LogP contribution < -0.4 is 27.8 Å². The summed E-state index contributed by atoms with van der Waals surface area (Å²) in [6.07, 6.45) is 0.866. The number of carboxylic acid groups (broad SMARTS) is 1. The van der Waals surface area contributed by atoms with E-state index >= 15 is 0 Å². The van der Waals surface area contributed by atoms with E-state index in [2.05, 4.69) is 15.6 Å². The van der Waals surface area contributed by atoms with Crippen LogP contribution in [0.4, 0.5) is 0 Å². The molecular weight excluding hydrogens is 446 g/mol. The van der Waals surface area contributed by atoms with E-state index in [1.54, 1.807) is 6.92 Å². The largest absolute Gasteiger partial charge is 0.480 e. The Balaban J connectivity index is 2.90. The average Bonchev–Trinajstić information content (AvgIpc) is 3.27. The Morgan fingerprint density at radius 2 is 1.82 bits per heavy atom. The molecule has 3 amide bonds. The number of hydrogen-bond acceptors (Lipinski definition) is 7. The first-order valence-electron chi connectivity index (χ1n) is 11.5. The molecule has 6 unspecified atom stereocenters. The van der Waals surface area contributed by atoms with Crippen LogP contribution in [-0.2, 0) is 19.2 Å². The Bertz CT molecular complexity index is 756. The number of nitrogens with zero attached hydrogens (tertiary/aromatic N) is 2. The fourth-order valence-corrected chi connectivity index (χ4v) is 3.67. The van der Waals surface area contributed by atoms with Gasteiger partial charge in [-0.1, -0.05) is 20.3 Å². The van der Waals surface area contributed by atoms with Crippen molar-refractivity contribution in [2.45, 2.75) is 83.1 Å². The highest BCUT2D eigenvalue weighted by Crippen LogP contribution is 2.20. The summed E-state index contributed by atoms with van der Waals surface area (Å²) in [5.41, 5.74) is 16.3. The SMILES string of the molecule is CCC(C)C(NC(=O)C1CCCN1C(=O)C(N)C(C)O)C(=O)NC(CCCN=C(N)N)C(=O)O. The van der Waals surface area contributed by atoms with Crippen LogP contribution in [0.2, 0.25) is 0 Å². The Labute approximate surface area is 199 Å². The van der Waals surface area contributed by atoms with Crippen LogP contribution in [0, 0.1) is 5.92 Å². The molecule has 0 spiro atoms. The third kappa shape index (κ3) is 8.45. The quantitative estimate of drug-likeness (QED) is 0.0854. The van der Waals surface area contributed by atoms with Gasteiger partial charge in [-0.3, -0.25) is 19.4 Å². The van der Waals surface area contributed by atoms with Crippen LogP contribution in [0.3, 0.4) is 0 Å². The van der Waals surface area contributed by atoms with Crippen molar-refractivity contribution in [2.75, 3.05) is 13.1 Å². The van der Waals surface area contributed by atoms with Gasteiger partial charge in [-0.05, 0) is 38.5 Å². The third-order valence-corrected chi connectivity index (χ3v) is 6.00. The summed E-state index contributed by atoms with van der Waals surface area (Å²) in [6, 6.07) is -4.16. The van der Waals surface area contributed by atoms with E-state index in [4.69, 9.17) is 17.2 Å². The zero-order valence-electron chi connectivity index (χ0n) is 20.1. The van der Waals surface area contributed by atoms with Gasteiger partial charge in [0.25, 0.3) is 0 Å². The van der Waals surface area contributed by atoms with Crippen LogP contribution in [0.1, 0.15) is 52.9 Å². The fraction of sp³-hybridized carbons (Fsp3) is 0.762. The second kappa shape index (κ2) is 13.7. The summed E-state index contributed by atoms with van der Waals surface area (Å²) in [5, 5.41) is 24.3. The number of aliphatic hydroxyl groups excluding tert-OH is 1. The molecule has 6 atom stereocenters. The second-order valence-electron chi connectivity index (χ2n) is 8.68. The fourth-order valence-electron chi connectivity index (χ4n) is 3.67. The predicted octanol–water partition coefficient (Wildman–Crippen LogP) is -2.16. The molecule has 0 aliphatic carbocycles. The summed E-state index contributed by atoms with van der Waals surface area (Å²) in [6.45, 7) is 5.53. The number of carbonyl (C=O) groups is 4. The molecule has 13 nitrogen and oxygen atoms in total. The predicted molar refractivity (Wildman–Crippen MR) is 125 cm³/mol. The molecule has 10 N–H and O–H groups in total. The van der Waals surface area contributed by atoms with Gasteiger partial charge in [-0.15, -0.1) is 0 Å². The van der Waals surface area contributed by atoms with Gasteiger partial charge in [-0.25, -0.2) is 4.79 Å². The number of aliphatic carboxylic acids is 1. The molecule has 0 aromatic carbocycles. The van der Waals surface area contributed by atoms with Gasteiger partial charge in [0, 0.05) is 13.1 Å². The van der Waals surface area contributed by atoms with E-state index in [1.807, 2.05) is 6.92 Å². The van der Waals surface area contributed by atoms with Crippen molar-refractivity contribution < 1.29 is 29.4 Å². The lowest BCUT2D eigenvalue weighted by molar-refractivity contribution is -0.144. The van der Waals surface area contributed by atoms with E-state index in [1.165, 1.54) is 11.8 Å². The maximum Gasteiger partial charge on any atom is 0.326 e. The van der Waals surface area contributed by atoms with Crippen LogP contribution in [0.5, 0.6) is 0 Å². The van der Waals surface area contributed by atoms with E-state index in [9.17, 15) is 29.4 Å². The molecule has 1 heterocycles.